The number of nitrogens with one attached hydrogen (secondary N) is 1. The Balaban J connectivity index is 1.97. The maximum absolute atomic E-state index is 11.1. The van der Waals surface area contributed by atoms with E-state index in [4.69, 9.17) is 4.42 Å². The summed E-state index contributed by atoms with van der Waals surface area (Å²) in [6.45, 7) is 4.13. The van der Waals surface area contributed by atoms with E-state index in [-0.39, 0.29) is 5.78 Å². The van der Waals surface area contributed by atoms with E-state index >= 15 is 0 Å². The van der Waals surface area contributed by atoms with Crippen molar-refractivity contribution in [2.24, 2.45) is 0 Å². The number of hydrogen-bond donors (Lipinski definition) is 1. The molecule has 1 heterocycles. The third-order valence-electron chi connectivity index (χ3n) is 2.55. The highest BCUT2D eigenvalue weighted by Crippen LogP contribution is 2.13. The maximum atomic E-state index is 11.1. The number of rotatable bonds is 4. The van der Waals surface area contributed by atoms with E-state index in [9.17, 15) is 4.79 Å². The van der Waals surface area contributed by atoms with Gasteiger partial charge >= 0.3 is 0 Å². The van der Waals surface area contributed by atoms with Crippen LogP contribution in [0.5, 0.6) is 0 Å². The zero-order valence-corrected chi connectivity index (χ0v) is 9.99. The molecule has 0 radical (unpaired) electrons. The largest absolute Gasteiger partial charge is 0.465 e. The van der Waals surface area contributed by atoms with E-state index in [0.717, 1.165) is 22.8 Å². The van der Waals surface area contributed by atoms with E-state index in [0.29, 0.717) is 6.54 Å². The van der Waals surface area contributed by atoms with Gasteiger partial charge in [-0.15, -0.1) is 0 Å². The SMILES string of the molecule is CC(=O)c1ccc(NCc2ccc(C)o2)cc1. The maximum Gasteiger partial charge on any atom is 0.159 e. The molecule has 2 aromatic rings. The zero-order valence-electron chi connectivity index (χ0n) is 9.99. The number of ketones is 1. The summed E-state index contributed by atoms with van der Waals surface area (Å²) in [5.74, 6) is 1.89. The Morgan fingerprint density at radius 1 is 1.18 bits per heavy atom. The van der Waals surface area contributed by atoms with Crippen molar-refractivity contribution in [2.75, 3.05) is 5.32 Å². The molecular formula is C14H15NO2. The molecule has 1 aromatic carbocycles. The van der Waals surface area contributed by atoms with Crippen LogP contribution < -0.4 is 5.32 Å². The number of benzene rings is 1. The molecule has 0 fully saturated rings. The van der Waals surface area contributed by atoms with Crippen molar-refractivity contribution in [3.8, 4) is 0 Å². The molecule has 0 saturated carbocycles. The fraction of sp³-hybridized carbons (Fsp3) is 0.214. The van der Waals surface area contributed by atoms with Gasteiger partial charge in [-0.05, 0) is 50.2 Å². The van der Waals surface area contributed by atoms with Crippen molar-refractivity contribution in [1.82, 2.24) is 0 Å². The third kappa shape index (κ3) is 2.97. The van der Waals surface area contributed by atoms with Gasteiger partial charge in [-0.2, -0.15) is 0 Å². The molecular weight excluding hydrogens is 214 g/mol. The Labute approximate surface area is 100 Å². The number of Topliss-reactive ketones (excluding diaryl/α,β-unsaturated/α-hetero) is 1. The summed E-state index contributed by atoms with van der Waals surface area (Å²) >= 11 is 0. The molecule has 0 unspecified atom stereocenters. The van der Waals surface area contributed by atoms with Crippen LogP contribution in [0.3, 0.4) is 0 Å². The van der Waals surface area contributed by atoms with Crippen molar-refractivity contribution in [3.63, 3.8) is 0 Å². The lowest BCUT2D eigenvalue weighted by Crippen LogP contribution is -1.99. The normalized spacial score (nSPS) is 10.2. The summed E-state index contributed by atoms with van der Waals surface area (Å²) in [6.07, 6.45) is 0. The molecule has 1 N–H and O–H groups in total. The van der Waals surface area contributed by atoms with Gasteiger partial charge in [0.1, 0.15) is 11.5 Å². The van der Waals surface area contributed by atoms with Crippen LogP contribution in [0.15, 0.2) is 40.8 Å². The van der Waals surface area contributed by atoms with Gasteiger partial charge in [0, 0.05) is 11.3 Å². The lowest BCUT2D eigenvalue weighted by molar-refractivity contribution is 0.101. The second-order valence-corrected chi connectivity index (χ2v) is 4.00. The number of hydrogen-bond acceptors (Lipinski definition) is 3. The highest BCUT2D eigenvalue weighted by Gasteiger charge is 2.00. The number of carbonyl (C=O) groups is 1. The lowest BCUT2D eigenvalue weighted by atomic mass is 10.1. The van der Waals surface area contributed by atoms with E-state index < -0.39 is 0 Å². The molecule has 0 saturated heterocycles. The Kier molecular flexibility index (Phi) is 3.28. The van der Waals surface area contributed by atoms with Crippen molar-refractivity contribution in [2.45, 2.75) is 20.4 Å². The Morgan fingerprint density at radius 3 is 2.41 bits per heavy atom. The van der Waals surface area contributed by atoms with Crippen LogP contribution in [0.1, 0.15) is 28.8 Å². The average molecular weight is 229 g/mol. The number of carbonyl (C=O) groups excluding carboxylic acids is 1. The van der Waals surface area contributed by atoms with Crippen LogP contribution in [0.2, 0.25) is 0 Å². The third-order valence-corrected chi connectivity index (χ3v) is 2.55. The number of anilines is 1. The van der Waals surface area contributed by atoms with Gasteiger partial charge in [0.05, 0.1) is 6.54 Å². The second kappa shape index (κ2) is 4.87. The topological polar surface area (TPSA) is 42.2 Å². The Morgan fingerprint density at radius 2 is 1.88 bits per heavy atom. The highest BCUT2D eigenvalue weighted by atomic mass is 16.3. The van der Waals surface area contributed by atoms with Crippen LogP contribution in [0, 0.1) is 6.92 Å². The minimum atomic E-state index is 0.0817. The van der Waals surface area contributed by atoms with E-state index in [1.807, 2.05) is 43.3 Å². The number of furan rings is 1. The number of aryl methyl sites for hydroxylation is 1. The van der Waals surface area contributed by atoms with E-state index in [2.05, 4.69) is 5.32 Å². The lowest BCUT2D eigenvalue weighted by Gasteiger charge is -2.04. The van der Waals surface area contributed by atoms with E-state index in [1.165, 1.54) is 0 Å². The average Bonchev–Trinajstić information content (AvgIpc) is 2.73. The first-order valence-corrected chi connectivity index (χ1v) is 5.55. The predicted molar refractivity (Wildman–Crippen MR) is 67.2 cm³/mol. The van der Waals surface area contributed by atoms with Crippen LogP contribution >= 0.6 is 0 Å². The fourth-order valence-corrected chi connectivity index (χ4v) is 1.59. The van der Waals surface area contributed by atoms with Gasteiger partial charge in [-0.25, -0.2) is 0 Å². The second-order valence-electron chi connectivity index (χ2n) is 4.00. The first-order chi connectivity index (χ1) is 8.15. The molecule has 0 amide bonds. The molecule has 3 heteroatoms. The molecule has 0 aliphatic rings. The first kappa shape index (κ1) is 11.5. The molecule has 0 spiro atoms. The molecule has 3 nitrogen and oxygen atoms in total. The van der Waals surface area contributed by atoms with Crippen LogP contribution in [-0.2, 0) is 6.54 Å². The summed E-state index contributed by atoms with van der Waals surface area (Å²) < 4.78 is 5.45. The van der Waals surface area contributed by atoms with Crippen LogP contribution in [0.4, 0.5) is 5.69 Å². The minimum absolute atomic E-state index is 0.0817. The van der Waals surface area contributed by atoms with Crippen molar-refractivity contribution >= 4 is 11.5 Å². The quantitative estimate of drug-likeness (QED) is 0.817. The predicted octanol–water partition coefficient (Wildman–Crippen LogP) is 3.40. The Bertz CT molecular complexity index is 511. The molecule has 0 aliphatic carbocycles. The molecule has 88 valence electrons. The summed E-state index contributed by atoms with van der Waals surface area (Å²) in [5.41, 5.74) is 1.70. The van der Waals surface area contributed by atoms with Crippen LogP contribution in [-0.4, -0.2) is 5.78 Å². The summed E-state index contributed by atoms with van der Waals surface area (Å²) in [5, 5.41) is 3.24. The monoisotopic (exact) mass is 229 g/mol. The van der Waals surface area contributed by atoms with Crippen molar-refractivity contribution in [3.05, 3.63) is 53.5 Å². The van der Waals surface area contributed by atoms with Gasteiger partial charge in [0.25, 0.3) is 0 Å². The molecule has 2 rings (SSSR count). The minimum Gasteiger partial charge on any atom is -0.465 e. The van der Waals surface area contributed by atoms with Gasteiger partial charge in [-0.3, -0.25) is 4.79 Å². The summed E-state index contributed by atoms with van der Waals surface area (Å²) in [4.78, 5) is 11.1. The molecule has 0 atom stereocenters. The molecule has 0 aliphatic heterocycles. The fourth-order valence-electron chi connectivity index (χ4n) is 1.59. The van der Waals surface area contributed by atoms with Gasteiger partial charge in [-0.1, -0.05) is 0 Å². The standard InChI is InChI=1S/C14H15NO2/c1-10-3-8-14(17-10)9-15-13-6-4-12(5-7-13)11(2)16/h3-8,15H,9H2,1-2H3. The van der Waals surface area contributed by atoms with Crippen LogP contribution in [0.25, 0.3) is 0 Å². The Hall–Kier alpha value is -2.03. The van der Waals surface area contributed by atoms with E-state index in [1.54, 1.807) is 6.92 Å². The first-order valence-electron chi connectivity index (χ1n) is 5.55. The van der Waals surface area contributed by atoms with Gasteiger partial charge in [0.2, 0.25) is 0 Å². The summed E-state index contributed by atoms with van der Waals surface area (Å²) in [6, 6.07) is 11.3. The van der Waals surface area contributed by atoms with Crippen molar-refractivity contribution in [1.29, 1.82) is 0 Å². The molecule has 17 heavy (non-hydrogen) atoms. The van der Waals surface area contributed by atoms with Gasteiger partial charge in [0.15, 0.2) is 5.78 Å². The van der Waals surface area contributed by atoms with Gasteiger partial charge < -0.3 is 9.73 Å². The zero-order chi connectivity index (χ0) is 12.3. The molecule has 1 aromatic heterocycles. The summed E-state index contributed by atoms with van der Waals surface area (Å²) in [7, 11) is 0. The molecule has 0 bridgehead atoms. The van der Waals surface area contributed by atoms with Crippen molar-refractivity contribution < 1.29 is 9.21 Å². The highest BCUT2D eigenvalue weighted by molar-refractivity contribution is 5.94. The smallest absolute Gasteiger partial charge is 0.159 e.